The van der Waals surface area contributed by atoms with Crippen LogP contribution >= 0.6 is 0 Å². The minimum atomic E-state index is -4.82. The van der Waals surface area contributed by atoms with Crippen LogP contribution in [0.3, 0.4) is 0 Å². The summed E-state index contributed by atoms with van der Waals surface area (Å²) in [5, 5.41) is 5.70. The van der Waals surface area contributed by atoms with Crippen molar-refractivity contribution in [3.63, 3.8) is 0 Å². The van der Waals surface area contributed by atoms with Crippen molar-refractivity contribution in [2.45, 2.75) is 11.7 Å². The summed E-state index contributed by atoms with van der Waals surface area (Å²) in [4.78, 5) is 10.5. The molecule has 0 aromatic rings. The molecule has 1 amide bonds. The van der Waals surface area contributed by atoms with E-state index in [4.69, 9.17) is 0 Å². The van der Waals surface area contributed by atoms with Gasteiger partial charge in [-0.1, -0.05) is 0 Å². The molecule has 1 aliphatic heterocycles. The predicted octanol–water partition coefficient (Wildman–Crippen LogP) is 0.752. The number of rotatable bonds is 1. The van der Waals surface area contributed by atoms with Gasteiger partial charge >= 0.3 is 6.18 Å². The summed E-state index contributed by atoms with van der Waals surface area (Å²) in [6.07, 6.45) is -3.51. The molecule has 1 heterocycles. The van der Waals surface area contributed by atoms with E-state index in [0.717, 1.165) is 6.20 Å². The van der Waals surface area contributed by atoms with Crippen LogP contribution in [0.5, 0.6) is 0 Å². The minimum absolute atomic E-state index is 0.523. The summed E-state index contributed by atoms with van der Waals surface area (Å²) in [6.45, 7) is 0. The standard InChI is InChI=1S/C5H4F3N3O/c6-5(7,8)4(3(9)12)1-2-10-11-4/h1-2H,(H2,9,12). The first-order valence-corrected chi connectivity index (χ1v) is 2.86. The number of azo groups is 1. The van der Waals surface area contributed by atoms with Crippen LogP contribution in [-0.2, 0) is 4.79 Å². The van der Waals surface area contributed by atoms with E-state index >= 15 is 0 Å². The summed E-state index contributed by atoms with van der Waals surface area (Å²) in [7, 11) is 0. The molecular weight excluding hydrogens is 175 g/mol. The lowest BCUT2D eigenvalue weighted by Gasteiger charge is -2.21. The number of hydrogen-bond donors (Lipinski definition) is 1. The van der Waals surface area contributed by atoms with E-state index < -0.39 is 17.6 Å². The Labute approximate surface area is 64.9 Å². The van der Waals surface area contributed by atoms with Crippen LogP contribution in [0.2, 0.25) is 0 Å². The predicted molar refractivity (Wildman–Crippen MR) is 32.0 cm³/mol. The molecule has 0 bridgehead atoms. The van der Waals surface area contributed by atoms with Crippen molar-refractivity contribution >= 4 is 5.91 Å². The molecule has 0 aromatic carbocycles. The monoisotopic (exact) mass is 179 g/mol. The van der Waals surface area contributed by atoms with Gasteiger partial charge in [-0.2, -0.15) is 23.4 Å². The molecule has 1 aliphatic rings. The molecule has 4 nitrogen and oxygen atoms in total. The number of primary amides is 1. The van der Waals surface area contributed by atoms with E-state index in [0.29, 0.717) is 6.08 Å². The molecule has 0 radical (unpaired) electrons. The van der Waals surface area contributed by atoms with Crippen molar-refractivity contribution in [3.05, 3.63) is 12.3 Å². The number of amides is 1. The normalized spacial score (nSPS) is 27.9. The van der Waals surface area contributed by atoms with Crippen molar-refractivity contribution in [1.82, 2.24) is 0 Å². The fourth-order valence-electron chi connectivity index (χ4n) is 0.721. The molecule has 0 aromatic heterocycles. The third kappa shape index (κ3) is 0.973. The molecule has 0 spiro atoms. The molecule has 12 heavy (non-hydrogen) atoms. The first kappa shape index (κ1) is 8.69. The van der Waals surface area contributed by atoms with E-state index in [9.17, 15) is 18.0 Å². The Morgan fingerprint density at radius 1 is 1.50 bits per heavy atom. The molecule has 7 heteroatoms. The second-order valence-electron chi connectivity index (χ2n) is 2.16. The van der Waals surface area contributed by atoms with Crippen molar-refractivity contribution in [3.8, 4) is 0 Å². The highest BCUT2D eigenvalue weighted by Crippen LogP contribution is 2.37. The Morgan fingerprint density at radius 2 is 2.08 bits per heavy atom. The van der Waals surface area contributed by atoms with Crippen LogP contribution < -0.4 is 5.73 Å². The highest BCUT2D eigenvalue weighted by atomic mass is 19.4. The molecule has 0 saturated carbocycles. The van der Waals surface area contributed by atoms with Gasteiger partial charge in [0.05, 0.1) is 0 Å². The largest absolute Gasteiger partial charge is 0.428 e. The number of nitrogens with two attached hydrogens (primary N) is 1. The smallest absolute Gasteiger partial charge is 0.367 e. The summed E-state index contributed by atoms with van der Waals surface area (Å²) >= 11 is 0. The number of carbonyl (C=O) groups is 1. The van der Waals surface area contributed by atoms with Gasteiger partial charge in [-0.15, -0.1) is 0 Å². The lowest BCUT2D eigenvalue weighted by Crippen LogP contribution is -2.51. The van der Waals surface area contributed by atoms with Crippen LogP contribution in [0, 0.1) is 0 Å². The van der Waals surface area contributed by atoms with E-state index in [-0.39, 0.29) is 0 Å². The van der Waals surface area contributed by atoms with Crippen LogP contribution in [0.1, 0.15) is 0 Å². The Balaban J connectivity index is 3.14. The maximum atomic E-state index is 12.2. The fraction of sp³-hybridized carbons (Fsp3) is 0.400. The second-order valence-corrected chi connectivity index (χ2v) is 2.16. The van der Waals surface area contributed by atoms with Gasteiger partial charge < -0.3 is 5.73 Å². The Hall–Kier alpha value is -1.40. The van der Waals surface area contributed by atoms with Gasteiger partial charge in [0.1, 0.15) is 0 Å². The molecule has 1 atom stereocenters. The van der Waals surface area contributed by atoms with E-state index in [1.807, 2.05) is 0 Å². The zero-order valence-corrected chi connectivity index (χ0v) is 5.67. The highest BCUT2D eigenvalue weighted by Gasteiger charge is 2.60. The Bertz CT molecular complexity index is 256. The molecule has 66 valence electrons. The quantitative estimate of drug-likeness (QED) is 0.634. The second kappa shape index (κ2) is 2.29. The zero-order valence-electron chi connectivity index (χ0n) is 5.67. The third-order valence-corrected chi connectivity index (χ3v) is 1.41. The van der Waals surface area contributed by atoms with Crippen molar-refractivity contribution < 1.29 is 18.0 Å². The van der Waals surface area contributed by atoms with E-state index in [2.05, 4.69) is 16.0 Å². The SMILES string of the molecule is NC(=O)C1(C(F)(F)F)C=CN=N1. The average molecular weight is 179 g/mol. The van der Waals surface area contributed by atoms with Gasteiger partial charge in [0, 0.05) is 6.20 Å². The first-order valence-electron chi connectivity index (χ1n) is 2.86. The van der Waals surface area contributed by atoms with Crippen molar-refractivity contribution in [2.24, 2.45) is 16.0 Å². The van der Waals surface area contributed by atoms with E-state index in [1.54, 1.807) is 0 Å². The maximum Gasteiger partial charge on any atom is 0.428 e. The van der Waals surface area contributed by atoms with E-state index in [1.165, 1.54) is 0 Å². The topological polar surface area (TPSA) is 67.8 Å². The van der Waals surface area contributed by atoms with Gasteiger partial charge in [0.2, 0.25) is 0 Å². The third-order valence-electron chi connectivity index (χ3n) is 1.41. The summed E-state index contributed by atoms with van der Waals surface area (Å²) in [6, 6.07) is 0. The Morgan fingerprint density at radius 3 is 2.25 bits per heavy atom. The van der Waals surface area contributed by atoms with Crippen LogP contribution in [0.15, 0.2) is 22.5 Å². The number of halogens is 3. The van der Waals surface area contributed by atoms with Crippen LogP contribution in [0.25, 0.3) is 0 Å². The van der Waals surface area contributed by atoms with Crippen LogP contribution in [0.4, 0.5) is 13.2 Å². The zero-order chi connectivity index (χ0) is 9.41. The molecule has 1 unspecified atom stereocenters. The van der Waals surface area contributed by atoms with Crippen LogP contribution in [-0.4, -0.2) is 17.6 Å². The van der Waals surface area contributed by atoms with Gasteiger partial charge in [0.15, 0.2) is 0 Å². The average Bonchev–Trinajstić information content (AvgIpc) is 2.31. The van der Waals surface area contributed by atoms with Gasteiger partial charge in [-0.25, -0.2) is 0 Å². The van der Waals surface area contributed by atoms with Crippen molar-refractivity contribution in [1.29, 1.82) is 0 Å². The van der Waals surface area contributed by atoms with Gasteiger partial charge in [-0.05, 0) is 6.08 Å². The van der Waals surface area contributed by atoms with Gasteiger partial charge in [0.25, 0.3) is 11.4 Å². The Kier molecular flexibility index (Phi) is 1.66. The number of carbonyl (C=O) groups excluding carboxylic acids is 1. The lowest BCUT2D eigenvalue weighted by atomic mass is 10.0. The molecule has 2 N–H and O–H groups in total. The molecule has 0 saturated heterocycles. The van der Waals surface area contributed by atoms with Crippen molar-refractivity contribution in [2.75, 3.05) is 0 Å². The molecule has 0 aliphatic carbocycles. The molecule has 1 rings (SSSR count). The minimum Gasteiger partial charge on any atom is -0.367 e. The summed E-state index contributed by atoms with van der Waals surface area (Å²) in [5.74, 6) is -1.58. The first-order chi connectivity index (χ1) is 5.40. The molecule has 0 fully saturated rings. The summed E-state index contributed by atoms with van der Waals surface area (Å²) in [5.41, 5.74) is 1.60. The summed E-state index contributed by atoms with van der Waals surface area (Å²) < 4.78 is 36.5. The number of nitrogens with zero attached hydrogens (tertiary/aromatic N) is 2. The van der Waals surface area contributed by atoms with Gasteiger partial charge in [-0.3, -0.25) is 4.79 Å². The number of alkyl halides is 3. The highest BCUT2D eigenvalue weighted by molar-refractivity contribution is 5.88. The fourth-order valence-corrected chi connectivity index (χ4v) is 0.721. The maximum absolute atomic E-state index is 12.2. The number of hydrogen-bond acceptors (Lipinski definition) is 3. The lowest BCUT2D eigenvalue weighted by molar-refractivity contribution is -0.178. The molecular formula is C5H4F3N3O.